The number of fused-ring (bicyclic) bond motifs is 1. The van der Waals surface area contributed by atoms with Gasteiger partial charge in [0.25, 0.3) is 0 Å². The fourth-order valence-electron chi connectivity index (χ4n) is 3.39. The highest BCUT2D eigenvalue weighted by molar-refractivity contribution is 6.25. The van der Waals surface area contributed by atoms with Gasteiger partial charge in [0.1, 0.15) is 17.1 Å². The Morgan fingerprint density at radius 3 is 2.77 bits per heavy atom. The van der Waals surface area contributed by atoms with Crippen molar-refractivity contribution in [3.63, 3.8) is 0 Å². The van der Waals surface area contributed by atoms with Crippen molar-refractivity contribution in [1.82, 2.24) is 4.81 Å². The Morgan fingerprint density at radius 2 is 2.03 bits per heavy atom. The maximum absolute atomic E-state index is 14.5. The highest BCUT2D eigenvalue weighted by atomic mass is 19.1. The van der Waals surface area contributed by atoms with Crippen molar-refractivity contribution in [2.24, 2.45) is 0 Å². The van der Waals surface area contributed by atoms with Crippen LogP contribution in [0.1, 0.15) is 35.3 Å². The number of rotatable bonds is 4. The van der Waals surface area contributed by atoms with Gasteiger partial charge in [-0.05, 0) is 38.6 Å². The van der Waals surface area contributed by atoms with Crippen LogP contribution in [0, 0.1) is 5.82 Å². The molecule has 30 heavy (non-hydrogen) atoms. The minimum absolute atomic E-state index is 0.0276. The first kappa shape index (κ1) is 22.1. The average molecular weight is 411 g/mol. The molecule has 0 N–H and O–H groups in total. The molecule has 0 aromatic heterocycles. The van der Waals surface area contributed by atoms with Gasteiger partial charge >= 0.3 is 13.6 Å². The molecule has 0 saturated carbocycles. The number of benzene rings is 2. The third kappa shape index (κ3) is 5.29. The topological polar surface area (TPSA) is 48.0 Å². The molecule has 0 radical (unpaired) electrons. The standard InChI is InChI=1S/C23H27BFNO4/c1-4-28-23(27)21-19(25)13-12-18-11-8-14-29-20(15-17-9-6-5-7-10-17)16(2)26(3)24-30-22(18)21/h5-13,16,20,24H,4,14-15H2,1-3H3/b11-8-/t16-,20-/m0/s1. The molecule has 0 fully saturated rings. The summed E-state index contributed by atoms with van der Waals surface area (Å²) in [4.78, 5) is 14.3. The molecule has 7 heteroatoms. The lowest BCUT2D eigenvalue weighted by Crippen LogP contribution is -2.45. The second kappa shape index (κ2) is 10.4. The van der Waals surface area contributed by atoms with E-state index in [1.807, 2.05) is 36.1 Å². The van der Waals surface area contributed by atoms with Gasteiger partial charge in [-0.1, -0.05) is 42.5 Å². The van der Waals surface area contributed by atoms with Crippen LogP contribution in [0.15, 0.2) is 48.5 Å². The number of carbonyl (C=O) groups excluding carboxylic acids is 1. The van der Waals surface area contributed by atoms with E-state index < -0.39 is 11.8 Å². The van der Waals surface area contributed by atoms with Gasteiger partial charge in [0.15, 0.2) is 0 Å². The summed E-state index contributed by atoms with van der Waals surface area (Å²) in [5.74, 6) is -1.21. The predicted molar refractivity (Wildman–Crippen MR) is 116 cm³/mol. The van der Waals surface area contributed by atoms with Gasteiger partial charge in [0, 0.05) is 18.0 Å². The van der Waals surface area contributed by atoms with E-state index in [0.29, 0.717) is 12.2 Å². The lowest BCUT2D eigenvalue weighted by Gasteiger charge is -2.31. The molecule has 158 valence electrons. The van der Waals surface area contributed by atoms with Crippen LogP contribution >= 0.6 is 0 Å². The van der Waals surface area contributed by atoms with Gasteiger partial charge in [-0.15, -0.1) is 0 Å². The first-order chi connectivity index (χ1) is 14.5. The van der Waals surface area contributed by atoms with E-state index in [1.165, 1.54) is 11.6 Å². The molecule has 5 nitrogen and oxygen atoms in total. The minimum Gasteiger partial charge on any atom is -0.547 e. The maximum Gasteiger partial charge on any atom is 0.430 e. The third-order valence-electron chi connectivity index (χ3n) is 5.25. The van der Waals surface area contributed by atoms with Crippen molar-refractivity contribution in [2.75, 3.05) is 20.3 Å². The molecular weight excluding hydrogens is 384 g/mol. The summed E-state index contributed by atoms with van der Waals surface area (Å²) in [7, 11) is 2.09. The van der Waals surface area contributed by atoms with E-state index in [0.717, 1.165) is 6.42 Å². The molecule has 1 heterocycles. The van der Waals surface area contributed by atoms with Gasteiger partial charge in [-0.3, -0.25) is 0 Å². The smallest absolute Gasteiger partial charge is 0.430 e. The van der Waals surface area contributed by atoms with E-state index in [9.17, 15) is 9.18 Å². The van der Waals surface area contributed by atoms with Gasteiger partial charge < -0.3 is 18.9 Å². The average Bonchev–Trinajstić information content (AvgIpc) is 2.77. The molecule has 0 spiro atoms. The van der Waals surface area contributed by atoms with Crippen LogP contribution < -0.4 is 4.65 Å². The Morgan fingerprint density at radius 1 is 1.27 bits per heavy atom. The van der Waals surface area contributed by atoms with Gasteiger partial charge in [-0.25, -0.2) is 9.18 Å². The molecule has 0 amide bonds. The Hall–Kier alpha value is -2.64. The molecule has 0 saturated heterocycles. The number of likely N-dealkylation sites (N-methyl/N-ethyl adjacent to an activating group) is 1. The summed E-state index contributed by atoms with van der Waals surface area (Å²) < 4.78 is 31.6. The maximum atomic E-state index is 14.5. The fourth-order valence-corrected chi connectivity index (χ4v) is 3.39. The van der Waals surface area contributed by atoms with E-state index in [1.54, 1.807) is 19.1 Å². The van der Waals surface area contributed by atoms with Crippen molar-refractivity contribution < 1.29 is 23.3 Å². The Balaban J connectivity index is 1.87. The van der Waals surface area contributed by atoms with E-state index >= 15 is 0 Å². The van der Waals surface area contributed by atoms with Gasteiger partial charge in [-0.2, -0.15) is 0 Å². The van der Waals surface area contributed by atoms with Crippen molar-refractivity contribution in [3.05, 3.63) is 71.0 Å². The molecule has 1 aliphatic heterocycles. The molecule has 2 atom stereocenters. The lowest BCUT2D eigenvalue weighted by molar-refractivity contribution is 0.0308. The number of hydrogen-bond donors (Lipinski definition) is 0. The monoisotopic (exact) mass is 411 g/mol. The summed E-state index contributed by atoms with van der Waals surface area (Å²) in [6.45, 7) is 4.30. The molecular formula is C23H27BFNO4. The number of hydrogen-bond acceptors (Lipinski definition) is 5. The van der Waals surface area contributed by atoms with E-state index in [4.69, 9.17) is 14.1 Å². The Bertz CT molecular complexity index is 890. The highest BCUT2D eigenvalue weighted by Crippen LogP contribution is 2.29. The molecule has 0 unspecified atom stereocenters. The summed E-state index contributed by atoms with van der Waals surface area (Å²) in [6, 6.07) is 13.1. The van der Waals surface area contributed by atoms with Crippen molar-refractivity contribution >= 4 is 19.7 Å². The van der Waals surface area contributed by atoms with Crippen LogP contribution in [0.2, 0.25) is 0 Å². The number of esters is 1. The predicted octanol–water partition coefficient (Wildman–Crippen LogP) is 3.62. The van der Waals surface area contributed by atoms with Crippen molar-refractivity contribution in [3.8, 4) is 5.75 Å². The normalized spacial score (nSPS) is 20.8. The van der Waals surface area contributed by atoms with Crippen LogP contribution in [0.25, 0.3) is 6.08 Å². The second-order valence-electron chi connectivity index (χ2n) is 7.30. The van der Waals surface area contributed by atoms with Crippen LogP contribution in [0.3, 0.4) is 0 Å². The highest BCUT2D eigenvalue weighted by Gasteiger charge is 2.27. The number of carbonyl (C=O) groups is 1. The molecule has 0 aliphatic carbocycles. The quantitative estimate of drug-likeness (QED) is 0.568. The van der Waals surface area contributed by atoms with Crippen LogP contribution in [0.4, 0.5) is 4.39 Å². The van der Waals surface area contributed by atoms with E-state index in [-0.39, 0.29) is 37.7 Å². The zero-order valence-corrected chi connectivity index (χ0v) is 17.6. The first-order valence-corrected chi connectivity index (χ1v) is 10.2. The summed E-state index contributed by atoms with van der Waals surface area (Å²) >= 11 is 0. The number of ether oxygens (including phenoxy) is 2. The summed E-state index contributed by atoms with van der Waals surface area (Å²) in [5, 5.41) is 0. The second-order valence-corrected chi connectivity index (χ2v) is 7.30. The Kier molecular flexibility index (Phi) is 7.66. The van der Waals surface area contributed by atoms with Crippen LogP contribution in [-0.2, 0) is 15.9 Å². The van der Waals surface area contributed by atoms with Crippen LogP contribution in [0.5, 0.6) is 5.75 Å². The molecule has 1 aliphatic rings. The van der Waals surface area contributed by atoms with Gasteiger partial charge in [0.2, 0.25) is 0 Å². The van der Waals surface area contributed by atoms with Crippen molar-refractivity contribution in [1.29, 1.82) is 0 Å². The lowest BCUT2D eigenvalue weighted by atomic mass is 9.98. The molecule has 2 aromatic carbocycles. The third-order valence-corrected chi connectivity index (χ3v) is 5.25. The zero-order chi connectivity index (χ0) is 21.5. The first-order valence-electron chi connectivity index (χ1n) is 10.2. The zero-order valence-electron chi connectivity index (χ0n) is 17.6. The minimum atomic E-state index is -0.732. The number of nitrogens with zero attached hydrogens (tertiary/aromatic N) is 1. The fraction of sp³-hybridized carbons (Fsp3) is 0.348. The molecule has 2 aromatic rings. The summed E-state index contributed by atoms with van der Waals surface area (Å²) in [6.07, 6.45) is 4.33. The van der Waals surface area contributed by atoms with Crippen LogP contribution in [-0.4, -0.2) is 50.8 Å². The van der Waals surface area contributed by atoms with Gasteiger partial charge in [0.05, 0.1) is 19.3 Å². The SMILES string of the molecule is CCOC(=O)c1c(F)ccc2c1OBN(C)[C@@H](C)[C@H](Cc1ccccc1)OC/C=C\2. The molecule has 0 bridgehead atoms. The van der Waals surface area contributed by atoms with E-state index in [2.05, 4.69) is 19.1 Å². The number of halogens is 1. The largest absolute Gasteiger partial charge is 0.547 e. The molecule has 3 rings (SSSR count). The van der Waals surface area contributed by atoms with Crippen molar-refractivity contribution in [2.45, 2.75) is 32.4 Å². The Labute approximate surface area is 177 Å². The summed E-state index contributed by atoms with van der Waals surface area (Å²) in [5.41, 5.74) is 1.61.